The smallest absolute Gasteiger partial charge is 0.312 e. The lowest BCUT2D eigenvalue weighted by Crippen LogP contribution is -2.14. The molecule has 0 aliphatic rings. The van der Waals surface area contributed by atoms with E-state index in [1.807, 2.05) is 0 Å². The van der Waals surface area contributed by atoms with Crippen LogP contribution < -0.4 is 5.32 Å². The van der Waals surface area contributed by atoms with E-state index in [2.05, 4.69) is 10.3 Å². The molecule has 116 valence electrons. The average molecular weight is 346 g/mol. The minimum atomic E-state index is -1.09. The summed E-state index contributed by atoms with van der Waals surface area (Å²) >= 11 is 11.2. The third-order valence-electron chi connectivity index (χ3n) is 2.82. The lowest BCUT2D eigenvalue weighted by molar-refractivity contribution is -0.384. The fourth-order valence-corrected chi connectivity index (χ4v) is 2.00. The van der Waals surface area contributed by atoms with Crippen LogP contribution in [0.1, 0.15) is 11.7 Å². The molecule has 1 aromatic heterocycles. The molecule has 0 bridgehead atoms. The number of aliphatic hydroxyl groups excluding tert-OH is 1. The number of hydrogen-bond acceptors (Lipinski definition) is 5. The minimum Gasteiger partial charge on any atom is -0.387 e. The number of nitro groups is 1. The Hall–Kier alpha value is -1.96. The predicted molar refractivity (Wildman–Crippen MR) is 80.8 cm³/mol. The van der Waals surface area contributed by atoms with Crippen LogP contribution in [0.15, 0.2) is 30.5 Å². The molecule has 1 heterocycles. The van der Waals surface area contributed by atoms with Crippen molar-refractivity contribution in [1.29, 1.82) is 0 Å². The van der Waals surface area contributed by atoms with Crippen LogP contribution in [0.5, 0.6) is 0 Å². The summed E-state index contributed by atoms with van der Waals surface area (Å²) in [6, 6.07) is 5.02. The summed E-state index contributed by atoms with van der Waals surface area (Å²) < 4.78 is 13.3. The number of rotatable bonds is 5. The number of hydrogen-bond donors (Lipinski definition) is 2. The van der Waals surface area contributed by atoms with Crippen molar-refractivity contribution in [3.63, 3.8) is 0 Å². The third-order valence-corrected chi connectivity index (χ3v) is 3.34. The van der Waals surface area contributed by atoms with Gasteiger partial charge in [-0.2, -0.15) is 0 Å². The van der Waals surface area contributed by atoms with Crippen molar-refractivity contribution >= 4 is 34.7 Å². The van der Waals surface area contributed by atoms with Gasteiger partial charge in [0.2, 0.25) is 5.82 Å². The predicted octanol–water partition coefficient (Wildman–Crippen LogP) is 3.58. The van der Waals surface area contributed by atoms with Gasteiger partial charge in [-0.3, -0.25) is 10.1 Å². The fourth-order valence-electron chi connectivity index (χ4n) is 1.73. The first-order chi connectivity index (χ1) is 10.4. The molecular weight excluding hydrogens is 336 g/mol. The third kappa shape index (κ3) is 3.82. The largest absolute Gasteiger partial charge is 0.387 e. The van der Waals surface area contributed by atoms with Gasteiger partial charge in [0.15, 0.2) is 0 Å². The Balaban J connectivity index is 2.12. The topological polar surface area (TPSA) is 88.3 Å². The molecule has 1 atom stereocenters. The summed E-state index contributed by atoms with van der Waals surface area (Å²) in [6.07, 6.45) is 0.148. The number of benzene rings is 1. The van der Waals surface area contributed by atoms with Gasteiger partial charge in [-0.25, -0.2) is 9.37 Å². The van der Waals surface area contributed by atoms with Crippen LogP contribution in [-0.2, 0) is 0 Å². The molecule has 22 heavy (non-hydrogen) atoms. The molecule has 2 N–H and O–H groups in total. The average Bonchev–Trinajstić information content (AvgIpc) is 2.48. The molecule has 6 nitrogen and oxygen atoms in total. The zero-order valence-corrected chi connectivity index (χ0v) is 12.5. The standard InChI is InChI=1S/C13H10Cl2FN3O3/c14-8-4-11(19(21)22)13(17-5-8)18-6-12(20)7-1-2-9(15)10(16)3-7/h1-5,12,20H,6H2,(H,17,18). The number of anilines is 1. The van der Waals surface area contributed by atoms with Gasteiger partial charge in [0.05, 0.1) is 21.1 Å². The summed E-state index contributed by atoms with van der Waals surface area (Å²) in [6.45, 7) is -0.101. The minimum absolute atomic E-state index is 0.0390. The summed E-state index contributed by atoms with van der Waals surface area (Å²) in [4.78, 5) is 14.1. The van der Waals surface area contributed by atoms with Crippen LogP contribution in [0, 0.1) is 15.9 Å². The summed E-state index contributed by atoms with van der Waals surface area (Å²) in [5.41, 5.74) is -0.0343. The lowest BCUT2D eigenvalue weighted by Gasteiger charge is -2.13. The molecule has 0 spiro atoms. The Kier molecular flexibility index (Phi) is 5.12. The maximum absolute atomic E-state index is 13.3. The quantitative estimate of drug-likeness (QED) is 0.638. The molecule has 0 saturated heterocycles. The van der Waals surface area contributed by atoms with Crippen LogP contribution in [0.2, 0.25) is 10.0 Å². The van der Waals surface area contributed by atoms with Crippen molar-refractivity contribution in [3.05, 3.63) is 62.0 Å². The van der Waals surface area contributed by atoms with E-state index in [4.69, 9.17) is 23.2 Å². The van der Waals surface area contributed by atoms with Crippen LogP contribution in [0.3, 0.4) is 0 Å². The molecule has 0 fully saturated rings. The van der Waals surface area contributed by atoms with Gasteiger partial charge >= 0.3 is 5.69 Å². The molecule has 0 amide bonds. The second-order valence-corrected chi connectivity index (χ2v) is 5.19. The Morgan fingerprint density at radius 3 is 2.77 bits per heavy atom. The molecule has 0 aliphatic carbocycles. The molecule has 9 heteroatoms. The first-order valence-corrected chi connectivity index (χ1v) is 6.81. The van der Waals surface area contributed by atoms with Crippen LogP contribution in [0.25, 0.3) is 0 Å². The number of halogens is 3. The highest BCUT2D eigenvalue weighted by Crippen LogP contribution is 2.26. The number of aliphatic hydroxyl groups is 1. The normalized spacial score (nSPS) is 12.0. The van der Waals surface area contributed by atoms with Crippen molar-refractivity contribution in [3.8, 4) is 0 Å². The second-order valence-electron chi connectivity index (χ2n) is 4.35. The van der Waals surface area contributed by atoms with Crippen molar-refractivity contribution in [2.45, 2.75) is 6.10 Å². The van der Waals surface area contributed by atoms with E-state index >= 15 is 0 Å². The SMILES string of the molecule is O=[N+]([O-])c1cc(Cl)cnc1NCC(O)c1ccc(Cl)c(F)c1. The number of nitrogens with one attached hydrogen (secondary N) is 1. The highest BCUT2D eigenvalue weighted by atomic mass is 35.5. The Labute approximate surface area is 134 Å². The van der Waals surface area contributed by atoms with Gasteiger partial charge in [-0.1, -0.05) is 29.3 Å². The molecule has 1 unspecified atom stereocenters. The maximum atomic E-state index is 13.3. The first-order valence-electron chi connectivity index (χ1n) is 6.05. The van der Waals surface area contributed by atoms with Crippen molar-refractivity contribution in [1.82, 2.24) is 4.98 Å². The first kappa shape index (κ1) is 16.4. The number of pyridine rings is 1. The van der Waals surface area contributed by atoms with Crippen molar-refractivity contribution in [2.75, 3.05) is 11.9 Å². The van der Waals surface area contributed by atoms with E-state index in [-0.39, 0.29) is 33.7 Å². The van der Waals surface area contributed by atoms with Crippen LogP contribution >= 0.6 is 23.2 Å². The van der Waals surface area contributed by atoms with Crippen molar-refractivity contribution < 1.29 is 14.4 Å². The van der Waals surface area contributed by atoms with Crippen molar-refractivity contribution in [2.24, 2.45) is 0 Å². The lowest BCUT2D eigenvalue weighted by atomic mass is 10.1. The zero-order chi connectivity index (χ0) is 16.3. The van der Waals surface area contributed by atoms with E-state index in [9.17, 15) is 19.6 Å². The molecule has 0 radical (unpaired) electrons. The van der Waals surface area contributed by atoms with Gasteiger partial charge in [0.25, 0.3) is 0 Å². The van der Waals surface area contributed by atoms with E-state index < -0.39 is 16.8 Å². The van der Waals surface area contributed by atoms with E-state index in [0.29, 0.717) is 0 Å². The van der Waals surface area contributed by atoms with Gasteiger partial charge in [-0.15, -0.1) is 0 Å². The number of aromatic nitrogens is 1. The highest BCUT2D eigenvalue weighted by molar-refractivity contribution is 6.31. The second kappa shape index (κ2) is 6.87. The Bertz CT molecular complexity index is 715. The van der Waals surface area contributed by atoms with Gasteiger partial charge in [0, 0.05) is 18.8 Å². The molecule has 0 saturated carbocycles. The summed E-state index contributed by atoms with van der Waals surface area (Å²) in [7, 11) is 0. The fraction of sp³-hybridized carbons (Fsp3) is 0.154. The zero-order valence-electron chi connectivity index (χ0n) is 11.0. The van der Waals surface area contributed by atoms with E-state index in [0.717, 1.165) is 12.1 Å². The van der Waals surface area contributed by atoms with Crippen LogP contribution in [-0.4, -0.2) is 21.6 Å². The van der Waals surface area contributed by atoms with Gasteiger partial charge in [-0.05, 0) is 17.7 Å². The number of nitrogens with zero attached hydrogens (tertiary/aromatic N) is 2. The molecule has 0 aliphatic heterocycles. The van der Waals surface area contributed by atoms with E-state index in [1.54, 1.807) is 0 Å². The van der Waals surface area contributed by atoms with E-state index in [1.165, 1.54) is 18.3 Å². The molecule has 2 rings (SSSR count). The molecule has 1 aromatic carbocycles. The molecule has 2 aromatic rings. The van der Waals surface area contributed by atoms with Gasteiger partial charge in [0.1, 0.15) is 5.82 Å². The van der Waals surface area contributed by atoms with Gasteiger partial charge < -0.3 is 10.4 Å². The maximum Gasteiger partial charge on any atom is 0.312 e. The summed E-state index contributed by atoms with van der Waals surface area (Å²) in [5.74, 6) is -0.697. The summed E-state index contributed by atoms with van der Waals surface area (Å²) in [5, 5.41) is 23.6. The highest BCUT2D eigenvalue weighted by Gasteiger charge is 2.17. The monoisotopic (exact) mass is 345 g/mol. The Morgan fingerprint density at radius 2 is 2.14 bits per heavy atom. The Morgan fingerprint density at radius 1 is 1.41 bits per heavy atom. The van der Waals surface area contributed by atoms with Crippen LogP contribution in [0.4, 0.5) is 15.9 Å². The molecular formula is C13H10Cl2FN3O3.